The second kappa shape index (κ2) is 6.70. The molecular weight excluding hydrogens is 239 g/mol. The molecule has 0 spiro atoms. The van der Waals surface area contributed by atoms with E-state index in [2.05, 4.69) is 5.32 Å². The Bertz CT molecular complexity index is 449. The Hall–Kier alpha value is -1.95. The van der Waals surface area contributed by atoms with Gasteiger partial charge in [-0.25, -0.2) is 4.39 Å². The highest BCUT2D eigenvalue weighted by molar-refractivity contribution is 5.94. The summed E-state index contributed by atoms with van der Waals surface area (Å²) in [6.45, 7) is 1.89. The zero-order valence-electron chi connectivity index (χ0n) is 10.0. The number of carbonyl (C=O) groups is 2. The highest BCUT2D eigenvalue weighted by Gasteiger charge is 2.10. The van der Waals surface area contributed by atoms with E-state index < -0.39 is 17.6 Å². The summed E-state index contributed by atoms with van der Waals surface area (Å²) in [5, 5.41) is 2.48. The van der Waals surface area contributed by atoms with E-state index in [0.29, 0.717) is 0 Å². The van der Waals surface area contributed by atoms with Crippen molar-refractivity contribution in [1.82, 2.24) is 5.32 Å². The number of rotatable bonds is 6. The molecule has 0 fully saturated rings. The Kier molecular flexibility index (Phi) is 5.26. The Morgan fingerprint density at radius 3 is 2.83 bits per heavy atom. The SMILES string of the molecule is Cc1ccc(F)c(C(=O)NCCOCC(N)=O)c1. The van der Waals surface area contributed by atoms with Gasteiger partial charge in [0.05, 0.1) is 12.2 Å². The van der Waals surface area contributed by atoms with E-state index in [9.17, 15) is 14.0 Å². The summed E-state index contributed by atoms with van der Waals surface area (Å²) in [5.74, 6) is -1.67. The van der Waals surface area contributed by atoms with Gasteiger partial charge < -0.3 is 15.8 Å². The molecule has 0 aliphatic carbocycles. The monoisotopic (exact) mass is 254 g/mol. The maximum atomic E-state index is 13.3. The van der Waals surface area contributed by atoms with Gasteiger partial charge >= 0.3 is 0 Å². The Balaban J connectivity index is 2.41. The van der Waals surface area contributed by atoms with Crippen molar-refractivity contribution in [3.8, 4) is 0 Å². The summed E-state index contributed by atoms with van der Waals surface area (Å²) in [6.07, 6.45) is 0. The number of nitrogens with one attached hydrogen (secondary N) is 1. The molecule has 6 heteroatoms. The largest absolute Gasteiger partial charge is 0.370 e. The van der Waals surface area contributed by atoms with Crippen LogP contribution in [0.5, 0.6) is 0 Å². The fourth-order valence-corrected chi connectivity index (χ4v) is 1.32. The third-order valence-electron chi connectivity index (χ3n) is 2.14. The van der Waals surface area contributed by atoms with E-state index in [1.807, 2.05) is 0 Å². The van der Waals surface area contributed by atoms with Gasteiger partial charge in [-0.05, 0) is 19.1 Å². The van der Waals surface area contributed by atoms with Gasteiger partial charge in [0.1, 0.15) is 12.4 Å². The van der Waals surface area contributed by atoms with E-state index in [1.54, 1.807) is 13.0 Å². The molecule has 0 aliphatic heterocycles. The average Bonchev–Trinajstić information content (AvgIpc) is 2.31. The van der Waals surface area contributed by atoms with E-state index in [-0.39, 0.29) is 25.3 Å². The number of ether oxygens (including phenoxy) is 1. The molecule has 0 atom stereocenters. The fraction of sp³-hybridized carbons (Fsp3) is 0.333. The normalized spacial score (nSPS) is 10.1. The molecule has 0 aliphatic rings. The van der Waals surface area contributed by atoms with Crippen molar-refractivity contribution in [2.75, 3.05) is 19.8 Å². The van der Waals surface area contributed by atoms with Crippen LogP contribution in [0.2, 0.25) is 0 Å². The number of benzene rings is 1. The molecular formula is C12H15FN2O3. The van der Waals surface area contributed by atoms with Crippen LogP contribution in [0.1, 0.15) is 15.9 Å². The molecule has 0 saturated carbocycles. The van der Waals surface area contributed by atoms with Gasteiger partial charge in [-0.2, -0.15) is 0 Å². The molecule has 0 aromatic heterocycles. The van der Waals surface area contributed by atoms with Crippen molar-refractivity contribution in [2.45, 2.75) is 6.92 Å². The lowest BCUT2D eigenvalue weighted by Gasteiger charge is -2.07. The molecule has 0 saturated heterocycles. The highest BCUT2D eigenvalue weighted by Crippen LogP contribution is 2.09. The standard InChI is InChI=1S/C12H15FN2O3/c1-8-2-3-10(13)9(6-8)12(17)15-4-5-18-7-11(14)16/h2-3,6H,4-5,7H2,1H3,(H2,14,16)(H,15,17). The number of carbonyl (C=O) groups excluding carboxylic acids is 2. The molecule has 1 aromatic rings. The predicted octanol–water partition coefficient (Wildman–Crippen LogP) is 0.366. The first-order valence-corrected chi connectivity index (χ1v) is 5.41. The van der Waals surface area contributed by atoms with Crippen LogP contribution in [0.25, 0.3) is 0 Å². The van der Waals surface area contributed by atoms with Gasteiger partial charge in [-0.1, -0.05) is 11.6 Å². The second-order valence-electron chi connectivity index (χ2n) is 3.76. The number of aryl methyl sites for hydroxylation is 1. The van der Waals surface area contributed by atoms with Crippen molar-refractivity contribution >= 4 is 11.8 Å². The quantitative estimate of drug-likeness (QED) is 0.719. The molecule has 2 amide bonds. The first-order chi connectivity index (χ1) is 8.50. The van der Waals surface area contributed by atoms with Gasteiger partial charge in [0.15, 0.2) is 0 Å². The van der Waals surface area contributed by atoms with Crippen molar-refractivity contribution < 1.29 is 18.7 Å². The van der Waals surface area contributed by atoms with Crippen molar-refractivity contribution in [2.24, 2.45) is 5.73 Å². The maximum absolute atomic E-state index is 13.3. The number of hydrogen-bond donors (Lipinski definition) is 2. The molecule has 1 rings (SSSR count). The van der Waals surface area contributed by atoms with Crippen LogP contribution in [0.3, 0.4) is 0 Å². The molecule has 1 aromatic carbocycles. The summed E-state index contributed by atoms with van der Waals surface area (Å²) in [4.78, 5) is 22.0. The third kappa shape index (κ3) is 4.50. The summed E-state index contributed by atoms with van der Waals surface area (Å²) in [6, 6.07) is 4.30. The van der Waals surface area contributed by atoms with Gasteiger partial charge in [-0.15, -0.1) is 0 Å². The predicted molar refractivity (Wildman–Crippen MR) is 63.5 cm³/mol. The van der Waals surface area contributed by atoms with Crippen LogP contribution >= 0.6 is 0 Å². The van der Waals surface area contributed by atoms with Crippen LogP contribution in [0, 0.1) is 12.7 Å². The van der Waals surface area contributed by atoms with Gasteiger partial charge in [0.2, 0.25) is 5.91 Å². The summed E-state index contributed by atoms with van der Waals surface area (Å²) in [5.41, 5.74) is 5.65. The Morgan fingerprint density at radius 1 is 1.44 bits per heavy atom. The first-order valence-electron chi connectivity index (χ1n) is 5.41. The topological polar surface area (TPSA) is 81.4 Å². The molecule has 0 unspecified atom stereocenters. The Morgan fingerprint density at radius 2 is 2.17 bits per heavy atom. The lowest BCUT2D eigenvalue weighted by molar-refractivity contribution is -0.122. The fourth-order valence-electron chi connectivity index (χ4n) is 1.32. The summed E-state index contributed by atoms with van der Waals surface area (Å²) < 4.78 is 18.2. The molecule has 0 radical (unpaired) electrons. The minimum absolute atomic E-state index is 0.00935. The zero-order chi connectivity index (χ0) is 13.5. The number of hydrogen-bond acceptors (Lipinski definition) is 3. The molecule has 0 bridgehead atoms. The minimum atomic E-state index is -0.578. The zero-order valence-corrected chi connectivity index (χ0v) is 10.0. The number of nitrogens with two attached hydrogens (primary N) is 1. The van der Waals surface area contributed by atoms with Gasteiger partial charge in [0.25, 0.3) is 5.91 Å². The van der Waals surface area contributed by atoms with Crippen LogP contribution in [0.15, 0.2) is 18.2 Å². The molecule has 5 nitrogen and oxygen atoms in total. The Labute approximate surface area is 104 Å². The molecule has 3 N–H and O–H groups in total. The van der Waals surface area contributed by atoms with Crippen molar-refractivity contribution in [3.05, 3.63) is 35.1 Å². The number of halogens is 1. The molecule has 0 heterocycles. The van der Waals surface area contributed by atoms with Gasteiger partial charge in [-0.3, -0.25) is 9.59 Å². The first kappa shape index (κ1) is 14.1. The van der Waals surface area contributed by atoms with Crippen LogP contribution in [0.4, 0.5) is 4.39 Å². The molecule has 18 heavy (non-hydrogen) atoms. The lowest BCUT2D eigenvalue weighted by Crippen LogP contribution is -2.29. The number of amides is 2. The lowest BCUT2D eigenvalue weighted by atomic mass is 10.1. The summed E-state index contributed by atoms with van der Waals surface area (Å²) >= 11 is 0. The van der Waals surface area contributed by atoms with Crippen molar-refractivity contribution in [1.29, 1.82) is 0 Å². The van der Waals surface area contributed by atoms with Crippen LogP contribution in [-0.2, 0) is 9.53 Å². The second-order valence-corrected chi connectivity index (χ2v) is 3.76. The van der Waals surface area contributed by atoms with E-state index >= 15 is 0 Å². The van der Waals surface area contributed by atoms with E-state index in [1.165, 1.54) is 12.1 Å². The van der Waals surface area contributed by atoms with Crippen LogP contribution in [-0.4, -0.2) is 31.6 Å². The van der Waals surface area contributed by atoms with Crippen LogP contribution < -0.4 is 11.1 Å². The highest BCUT2D eigenvalue weighted by atomic mass is 19.1. The van der Waals surface area contributed by atoms with Crippen molar-refractivity contribution in [3.63, 3.8) is 0 Å². The smallest absolute Gasteiger partial charge is 0.254 e. The molecule has 98 valence electrons. The number of primary amides is 1. The minimum Gasteiger partial charge on any atom is -0.370 e. The van der Waals surface area contributed by atoms with E-state index in [0.717, 1.165) is 5.56 Å². The maximum Gasteiger partial charge on any atom is 0.254 e. The van der Waals surface area contributed by atoms with E-state index in [4.69, 9.17) is 10.5 Å². The van der Waals surface area contributed by atoms with Gasteiger partial charge in [0, 0.05) is 6.54 Å². The third-order valence-corrected chi connectivity index (χ3v) is 2.14. The average molecular weight is 254 g/mol. The summed E-state index contributed by atoms with van der Waals surface area (Å²) in [7, 11) is 0.